The number of anilines is 1. The van der Waals surface area contributed by atoms with Gasteiger partial charge >= 0.3 is 5.97 Å². The Labute approximate surface area is 193 Å². The second-order valence-electron chi connectivity index (χ2n) is 8.04. The minimum atomic E-state index is -0.440. The Morgan fingerprint density at radius 3 is 2.64 bits per heavy atom. The van der Waals surface area contributed by atoms with Crippen molar-refractivity contribution in [3.8, 4) is 5.69 Å². The van der Waals surface area contributed by atoms with Crippen molar-refractivity contribution in [1.82, 2.24) is 14.7 Å². The number of ether oxygens (including phenoxy) is 1. The molecule has 2 aromatic carbocycles. The quantitative estimate of drug-likeness (QED) is 0.556. The van der Waals surface area contributed by atoms with E-state index < -0.39 is 5.97 Å². The summed E-state index contributed by atoms with van der Waals surface area (Å²) in [5.41, 5.74) is 5.41. The third kappa shape index (κ3) is 5.56. The summed E-state index contributed by atoms with van der Waals surface area (Å²) in [5.74, 6) is -0.596. The molecule has 33 heavy (non-hydrogen) atoms. The second-order valence-corrected chi connectivity index (χ2v) is 8.04. The zero-order valence-corrected chi connectivity index (χ0v) is 19.0. The summed E-state index contributed by atoms with van der Waals surface area (Å²) in [4.78, 5) is 26.8. The van der Waals surface area contributed by atoms with Crippen molar-refractivity contribution in [3.05, 3.63) is 83.7 Å². The minimum Gasteiger partial charge on any atom is -0.462 e. The van der Waals surface area contributed by atoms with Crippen LogP contribution in [-0.2, 0) is 9.53 Å². The monoisotopic (exact) mass is 444 g/mol. The van der Waals surface area contributed by atoms with E-state index in [9.17, 15) is 9.59 Å². The predicted octanol–water partition coefficient (Wildman–Crippen LogP) is 4.09. The molecule has 3 aromatic rings. The van der Waals surface area contributed by atoms with Crippen LogP contribution in [0.4, 0.5) is 5.69 Å². The van der Waals surface area contributed by atoms with Gasteiger partial charge in [0.2, 0.25) is 5.91 Å². The Kier molecular flexibility index (Phi) is 7.00. The topological polar surface area (TPSA) is 76.5 Å². The number of nitrogens with zero attached hydrogens (tertiary/aromatic N) is 3. The van der Waals surface area contributed by atoms with Crippen LogP contribution in [0.3, 0.4) is 0 Å². The molecule has 1 aromatic heterocycles. The van der Waals surface area contributed by atoms with Gasteiger partial charge in [-0.2, -0.15) is 5.10 Å². The van der Waals surface area contributed by atoms with E-state index in [0.29, 0.717) is 17.8 Å². The number of aromatic nitrogens is 2. The number of carbonyl (C=O) groups is 2. The van der Waals surface area contributed by atoms with Gasteiger partial charge in [0, 0.05) is 24.8 Å². The van der Waals surface area contributed by atoms with Crippen LogP contribution in [0, 0.1) is 6.92 Å². The van der Waals surface area contributed by atoms with Crippen molar-refractivity contribution in [1.29, 1.82) is 0 Å². The van der Waals surface area contributed by atoms with E-state index in [-0.39, 0.29) is 19.1 Å². The van der Waals surface area contributed by atoms with E-state index in [1.807, 2.05) is 17.1 Å². The molecular weight excluding hydrogens is 416 g/mol. The smallest absolute Gasteiger partial charge is 0.340 e. The van der Waals surface area contributed by atoms with Crippen LogP contribution in [0.5, 0.6) is 0 Å². The largest absolute Gasteiger partial charge is 0.462 e. The third-order valence-electron chi connectivity index (χ3n) is 5.61. The molecule has 0 saturated carbocycles. The lowest BCUT2D eigenvalue weighted by Crippen LogP contribution is -2.36. The molecule has 0 atom stereocenters. The van der Waals surface area contributed by atoms with Gasteiger partial charge in [-0.1, -0.05) is 35.9 Å². The lowest BCUT2D eigenvalue weighted by Gasteiger charge is -2.25. The number of amides is 1. The molecule has 0 unspecified atom stereocenters. The first-order valence-electron chi connectivity index (χ1n) is 11.1. The van der Waals surface area contributed by atoms with Crippen molar-refractivity contribution in [2.45, 2.75) is 20.3 Å². The third-order valence-corrected chi connectivity index (χ3v) is 5.61. The van der Waals surface area contributed by atoms with Gasteiger partial charge in [0.25, 0.3) is 0 Å². The van der Waals surface area contributed by atoms with Crippen LogP contribution in [-0.4, -0.2) is 52.8 Å². The van der Waals surface area contributed by atoms with Gasteiger partial charge in [0.1, 0.15) is 0 Å². The SMILES string of the molecule is CCOC(=O)c1ccccc1NC(=O)CN1CC=C(c2cnn(-c3ccc(C)cc3)c2)CC1. The number of nitrogens with one attached hydrogen (secondary N) is 1. The fourth-order valence-corrected chi connectivity index (χ4v) is 3.82. The highest BCUT2D eigenvalue weighted by Crippen LogP contribution is 2.23. The van der Waals surface area contributed by atoms with Crippen LogP contribution in [0.15, 0.2) is 67.0 Å². The average molecular weight is 445 g/mol. The maximum Gasteiger partial charge on any atom is 0.340 e. The van der Waals surface area contributed by atoms with E-state index in [0.717, 1.165) is 24.2 Å². The Morgan fingerprint density at radius 2 is 1.91 bits per heavy atom. The van der Waals surface area contributed by atoms with Gasteiger partial charge in [-0.05, 0) is 50.1 Å². The van der Waals surface area contributed by atoms with Gasteiger partial charge in [-0.25, -0.2) is 9.48 Å². The fourth-order valence-electron chi connectivity index (χ4n) is 3.82. The molecule has 0 aliphatic carbocycles. The zero-order chi connectivity index (χ0) is 23.2. The summed E-state index contributed by atoms with van der Waals surface area (Å²) in [5, 5.41) is 7.35. The Hall–Kier alpha value is -3.71. The number of esters is 1. The van der Waals surface area contributed by atoms with Crippen molar-refractivity contribution in [3.63, 3.8) is 0 Å². The van der Waals surface area contributed by atoms with Crippen molar-refractivity contribution < 1.29 is 14.3 Å². The molecule has 1 aliphatic heterocycles. The summed E-state index contributed by atoms with van der Waals surface area (Å²) in [6.07, 6.45) is 6.93. The summed E-state index contributed by atoms with van der Waals surface area (Å²) in [7, 11) is 0. The lowest BCUT2D eigenvalue weighted by atomic mass is 10.0. The number of rotatable bonds is 7. The Morgan fingerprint density at radius 1 is 1.12 bits per heavy atom. The fraction of sp³-hybridized carbons (Fsp3) is 0.269. The molecule has 2 heterocycles. The molecule has 0 bridgehead atoms. The maximum atomic E-state index is 12.6. The molecule has 0 fully saturated rings. The number of hydrogen-bond donors (Lipinski definition) is 1. The first-order valence-corrected chi connectivity index (χ1v) is 11.1. The minimum absolute atomic E-state index is 0.157. The van der Waals surface area contributed by atoms with E-state index in [4.69, 9.17) is 4.74 Å². The highest BCUT2D eigenvalue weighted by molar-refractivity contribution is 6.01. The molecule has 170 valence electrons. The van der Waals surface area contributed by atoms with E-state index in [1.54, 1.807) is 31.2 Å². The number of hydrogen-bond acceptors (Lipinski definition) is 5. The molecule has 1 N–H and O–H groups in total. The number of para-hydroxylation sites is 1. The normalized spacial score (nSPS) is 13.9. The van der Waals surface area contributed by atoms with Gasteiger partial charge in [0.05, 0.1) is 36.3 Å². The molecule has 4 rings (SSSR count). The summed E-state index contributed by atoms with van der Waals surface area (Å²) >= 11 is 0. The second kappa shape index (κ2) is 10.3. The van der Waals surface area contributed by atoms with Gasteiger partial charge < -0.3 is 10.1 Å². The number of carbonyl (C=O) groups excluding carboxylic acids is 2. The van der Waals surface area contributed by atoms with Crippen LogP contribution >= 0.6 is 0 Å². The number of benzene rings is 2. The van der Waals surface area contributed by atoms with Crippen molar-refractivity contribution in [2.75, 3.05) is 31.6 Å². The molecule has 0 saturated heterocycles. The molecule has 7 heteroatoms. The zero-order valence-electron chi connectivity index (χ0n) is 19.0. The van der Waals surface area contributed by atoms with Crippen molar-refractivity contribution >= 4 is 23.1 Å². The van der Waals surface area contributed by atoms with Gasteiger partial charge in [-0.15, -0.1) is 0 Å². The van der Waals surface area contributed by atoms with E-state index >= 15 is 0 Å². The van der Waals surface area contributed by atoms with Crippen LogP contribution in [0.1, 0.15) is 34.8 Å². The van der Waals surface area contributed by atoms with Crippen LogP contribution < -0.4 is 5.32 Å². The molecule has 1 aliphatic rings. The predicted molar refractivity (Wildman–Crippen MR) is 128 cm³/mol. The van der Waals surface area contributed by atoms with Crippen LogP contribution in [0.2, 0.25) is 0 Å². The summed E-state index contributed by atoms with van der Waals surface area (Å²) in [6, 6.07) is 15.2. The summed E-state index contributed by atoms with van der Waals surface area (Å²) < 4.78 is 6.96. The van der Waals surface area contributed by atoms with Crippen LogP contribution in [0.25, 0.3) is 11.3 Å². The van der Waals surface area contributed by atoms with E-state index in [1.165, 1.54) is 11.1 Å². The Bertz CT molecular complexity index is 1160. The maximum absolute atomic E-state index is 12.6. The average Bonchev–Trinajstić information content (AvgIpc) is 3.31. The highest BCUT2D eigenvalue weighted by atomic mass is 16.5. The first kappa shape index (κ1) is 22.5. The van der Waals surface area contributed by atoms with Gasteiger partial charge in [0.15, 0.2) is 0 Å². The standard InChI is InChI=1S/C26H28N4O3/c1-3-33-26(32)23-6-4-5-7-24(23)28-25(31)18-29-14-12-20(13-15-29)21-16-27-30(17-21)22-10-8-19(2)9-11-22/h4-12,16-17H,3,13-15,18H2,1-2H3,(H,28,31). The van der Waals surface area contributed by atoms with Gasteiger partial charge in [-0.3, -0.25) is 9.69 Å². The van der Waals surface area contributed by atoms with Crippen molar-refractivity contribution in [2.24, 2.45) is 0 Å². The number of aryl methyl sites for hydroxylation is 1. The summed E-state index contributed by atoms with van der Waals surface area (Å²) in [6.45, 7) is 5.81. The molecule has 0 spiro atoms. The lowest BCUT2D eigenvalue weighted by molar-refractivity contribution is -0.117. The molecular formula is C26H28N4O3. The van der Waals surface area contributed by atoms with E-state index in [2.05, 4.69) is 52.6 Å². The Balaban J connectivity index is 1.35. The molecule has 0 radical (unpaired) electrons. The first-order chi connectivity index (χ1) is 16.0. The molecule has 7 nitrogen and oxygen atoms in total. The highest BCUT2D eigenvalue weighted by Gasteiger charge is 2.19. The molecule has 1 amide bonds.